The number of nitrogens with one attached hydrogen (secondary N) is 3. The molecule has 1 aliphatic carbocycles. The number of rotatable bonds is 5. The van der Waals surface area contributed by atoms with Crippen molar-refractivity contribution in [2.45, 2.75) is 18.4 Å². The molecule has 1 aliphatic rings. The third kappa shape index (κ3) is 3.87. The SMILES string of the molecule is Cl.Cl.NC1(CNc2nc(Nc3ccccc3)c3[nH]cnc3n2)CC1. The molecule has 0 unspecified atom stereocenters. The largest absolute Gasteiger partial charge is 0.352 e. The summed E-state index contributed by atoms with van der Waals surface area (Å²) in [5, 5.41) is 6.51. The highest BCUT2D eigenvalue weighted by molar-refractivity contribution is 5.86. The predicted molar refractivity (Wildman–Crippen MR) is 101 cm³/mol. The monoisotopic (exact) mass is 367 g/mol. The molecule has 0 bridgehead atoms. The maximum absolute atomic E-state index is 6.09. The Morgan fingerprint density at radius 2 is 1.88 bits per heavy atom. The van der Waals surface area contributed by atoms with Crippen molar-refractivity contribution in [3.8, 4) is 0 Å². The van der Waals surface area contributed by atoms with Gasteiger partial charge < -0.3 is 21.4 Å². The average Bonchev–Trinajstić information content (AvgIpc) is 3.08. The zero-order valence-electron chi connectivity index (χ0n) is 12.8. The van der Waals surface area contributed by atoms with Gasteiger partial charge in [0.2, 0.25) is 5.95 Å². The molecule has 1 saturated carbocycles. The van der Waals surface area contributed by atoms with Gasteiger partial charge in [-0.15, -0.1) is 24.8 Å². The van der Waals surface area contributed by atoms with Crippen LogP contribution in [0.2, 0.25) is 0 Å². The van der Waals surface area contributed by atoms with Gasteiger partial charge in [-0.05, 0) is 25.0 Å². The predicted octanol–water partition coefficient (Wildman–Crippen LogP) is 2.84. The van der Waals surface area contributed by atoms with E-state index in [1.54, 1.807) is 6.33 Å². The molecule has 5 N–H and O–H groups in total. The molecule has 4 rings (SSSR count). The molecule has 7 nitrogen and oxygen atoms in total. The van der Waals surface area contributed by atoms with Gasteiger partial charge in [-0.2, -0.15) is 9.97 Å². The van der Waals surface area contributed by atoms with E-state index in [2.05, 4.69) is 30.6 Å². The first-order chi connectivity index (χ1) is 10.7. The van der Waals surface area contributed by atoms with Crippen molar-refractivity contribution in [1.82, 2.24) is 19.9 Å². The first kappa shape index (κ1) is 18.3. The number of nitrogens with two attached hydrogens (primary N) is 1. The standard InChI is InChI=1S/C15H17N7.2ClH/c16-15(6-7-15)8-17-14-21-12-11(18-9-19-12)13(22-14)20-10-4-2-1-3-5-10;;/h1-5,9H,6-8,16H2,(H3,17,18,19,20,21,22);2*1H. The Labute approximate surface area is 151 Å². The highest BCUT2D eigenvalue weighted by Gasteiger charge is 2.38. The summed E-state index contributed by atoms with van der Waals surface area (Å²) >= 11 is 0. The van der Waals surface area contributed by atoms with E-state index in [-0.39, 0.29) is 30.4 Å². The lowest BCUT2D eigenvalue weighted by Gasteiger charge is -2.12. The van der Waals surface area contributed by atoms with E-state index in [1.165, 1.54) is 0 Å². The van der Waals surface area contributed by atoms with Crippen molar-refractivity contribution in [2.75, 3.05) is 17.2 Å². The van der Waals surface area contributed by atoms with E-state index in [0.717, 1.165) is 24.0 Å². The number of halogens is 2. The Bertz CT molecular complexity index is 802. The van der Waals surface area contributed by atoms with Crippen LogP contribution < -0.4 is 16.4 Å². The first-order valence-corrected chi connectivity index (χ1v) is 7.28. The molecular formula is C15H19Cl2N7. The van der Waals surface area contributed by atoms with Gasteiger partial charge in [0, 0.05) is 17.8 Å². The summed E-state index contributed by atoms with van der Waals surface area (Å²) in [5.41, 5.74) is 8.36. The lowest BCUT2D eigenvalue weighted by atomic mass is 10.3. The Morgan fingerprint density at radius 3 is 2.58 bits per heavy atom. The fourth-order valence-corrected chi connectivity index (χ4v) is 2.25. The van der Waals surface area contributed by atoms with E-state index >= 15 is 0 Å². The summed E-state index contributed by atoms with van der Waals surface area (Å²) in [4.78, 5) is 16.2. The Morgan fingerprint density at radius 1 is 1.12 bits per heavy atom. The van der Waals surface area contributed by atoms with Crippen molar-refractivity contribution < 1.29 is 0 Å². The van der Waals surface area contributed by atoms with Crippen molar-refractivity contribution in [3.63, 3.8) is 0 Å². The Kier molecular flexibility index (Phi) is 5.48. The number of aromatic nitrogens is 4. The van der Waals surface area contributed by atoms with Crippen molar-refractivity contribution in [2.24, 2.45) is 5.73 Å². The first-order valence-electron chi connectivity index (χ1n) is 7.28. The normalized spacial score (nSPS) is 14.4. The number of nitrogens with zero attached hydrogens (tertiary/aromatic N) is 3. The summed E-state index contributed by atoms with van der Waals surface area (Å²) in [7, 11) is 0. The van der Waals surface area contributed by atoms with Crippen LogP contribution in [-0.2, 0) is 0 Å². The number of anilines is 3. The van der Waals surface area contributed by atoms with Crippen LogP contribution in [0.4, 0.5) is 17.5 Å². The lowest BCUT2D eigenvalue weighted by Crippen LogP contribution is -2.31. The highest BCUT2D eigenvalue weighted by Crippen LogP contribution is 2.32. The molecule has 3 aromatic rings. The van der Waals surface area contributed by atoms with Crippen molar-refractivity contribution in [3.05, 3.63) is 36.7 Å². The summed E-state index contributed by atoms with van der Waals surface area (Å²) in [6.07, 6.45) is 3.70. The molecule has 2 heterocycles. The summed E-state index contributed by atoms with van der Waals surface area (Å²) < 4.78 is 0. The van der Waals surface area contributed by atoms with Crippen LogP contribution in [0.25, 0.3) is 11.2 Å². The second-order valence-electron chi connectivity index (χ2n) is 5.70. The van der Waals surface area contributed by atoms with Crippen molar-refractivity contribution in [1.29, 1.82) is 0 Å². The highest BCUT2D eigenvalue weighted by atomic mass is 35.5. The zero-order valence-corrected chi connectivity index (χ0v) is 14.5. The fourth-order valence-electron chi connectivity index (χ4n) is 2.25. The molecule has 24 heavy (non-hydrogen) atoms. The van der Waals surface area contributed by atoms with Gasteiger partial charge in [-0.1, -0.05) is 18.2 Å². The van der Waals surface area contributed by atoms with E-state index in [0.29, 0.717) is 24.0 Å². The second-order valence-corrected chi connectivity index (χ2v) is 5.70. The van der Waals surface area contributed by atoms with Gasteiger partial charge in [0.1, 0.15) is 5.52 Å². The Balaban J connectivity index is 0.00000104. The Hall–Kier alpha value is -2.09. The summed E-state index contributed by atoms with van der Waals surface area (Å²) in [5.74, 6) is 1.23. The smallest absolute Gasteiger partial charge is 0.226 e. The number of benzene rings is 1. The maximum Gasteiger partial charge on any atom is 0.226 e. The molecule has 1 fully saturated rings. The molecular weight excluding hydrogens is 349 g/mol. The van der Waals surface area contributed by atoms with Crippen LogP contribution in [0.3, 0.4) is 0 Å². The van der Waals surface area contributed by atoms with Gasteiger partial charge in [0.25, 0.3) is 0 Å². The molecule has 1 aromatic carbocycles. The number of hydrogen-bond acceptors (Lipinski definition) is 6. The van der Waals surface area contributed by atoms with Crippen LogP contribution >= 0.6 is 24.8 Å². The minimum Gasteiger partial charge on any atom is -0.352 e. The molecule has 0 spiro atoms. The second kappa shape index (κ2) is 7.21. The molecule has 0 atom stereocenters. The molecule has 0 aliphatic heterocycles. The van der Waals surface area contributed by atoms with Gasteiger partial charge in [-0.3, -0.25) is 0 Å². The average molecular weight is 368 g/mol. The number of hydrogen-bond donors (Lipinski definition) is 4. The van der Waals surface area contributed by atoms with Crippen LogP contribution in [0.5, 0.6) is 0 Å². The maximum atomic E-state index is 6.09. The van der Waals surface area contributed by atoms with E-state index < -0.39 is 0 Å². The number of para-hydroxylation sites is 1. The molecule has 0 amide bonds. The summed E-state index contributed by atoms with van der Waals surface area (Å²) in [6, 6.07) is 9.88. The zero-order chi connectivity index (χ0) is 15.0. The van der Waals surface area contributed by atoms with Crippen LogP contribution in [-0.4, -0.2) is 32.0 Å². The van der Waals surface area contributed by atoms with Gasteiger partial charge in [-0.25, -0.2) is 4.98 Å². The van der Waals surface area contributed by atoms with Gasteiger partial charge in [0.05, 0.1) is 6.33 Å². The minimum absolute atomic E-state index is 0. The third-order valence-corrected chi connectivity index (χ3v) is 3.81. The third-order valence-electron chi connectivity index (χ3n) is 3.81. The quantitative estimate of drug-likeness (QED) is 0.552. The number of aromatic amines is 1. The molecule has 9 heteroatoms. The van der Waals surface area contributed by atoms with E-state index in [9.17, 15) is 0 Å². The summed E-state index contributed by atoms with van der Waals surface area (Å²) in [6.45, 7) is 0.674. The van der Waals surface area contributed by atoms with Gasteiger partial charge >= 0.3 is 0 Å². The fraction of sp³-hybridized carbons (Fsp3) is 0.267. The molecule has 0 saturated heterocycles. The van der Waals surface area contributed by atoms with Crippen LogP contribution in [0.15, 0.2) is 36.7 Å². The van der Waals surface area contributed by atoms with Crippen molar-refractivity contribution >= 4 is 53.4 Å². The van der Waals surface area contributed by atoms with Gasteiger partial charge in [0.15, 0.2) is 11.5 Å². The number of H-pyrrole nitrogens is 1. The topological polar surface area (TPSA) is 105 Å². The molecule has 0 radical (unpaired) electrons. The molecule has 128 valence electrons. The van der Waals surface area contributed by atoms with E-state index in [4.69, 9.17) is 5.73 Å². The number of fused-ring (bicyclic) bond motifs is 1. The minimum atomic E-state index is -0.100. The van der Waals surface area contributed by atoms with Crippen LogP contribution in [0.1, 0.15) is 12.8 Å². The van der Waals surface area contributed by atoms with Crippen LogP contribution in [0, 0.1) is 0 Å². The lowest BCUT2D eigenvalue weighted by molar-refractivity contribution is 0.709. The molecule has 2 aromatic heterocycles. The number of imidazole rings is 1. The van der Waals surface area contributed by atoms with E-state index in [1.807, 2.05) is 30.3 Å².